The Morgan fingerprint density at radius 2 is 1.90 bits per heavy atom. The third kappa shape index (κ3) is 5.05. The van der Waals surface area contributed by atoms with Crippen LogP contribution in [0.3, 0.4) is 0 Å². The minimum atomic E-state index is -0.902. The molecule has 20 heavy (non-hydrogen) atoms. The van der Waals surface area contributed by atoms with Crippen LogP contribution in [0.5, 0.6) is 0 Å². The van der Waals surface area contributed by atoms with Gasteiger partial charge in [-0.05, 0) is 12.1 Å². The molecule has 7 heteroatoms. The number of anilines is 1. The van der Waals surface area contributed by atoms with Crippen LogP contribution in [0.25, 0.3) is 0 Å². The summed E-state index contributed by atoms with van der Waals surface area (Å²) in [6.07, 6.45) is 0. The lowest BCUT2D eigenvalue weighted by Crippen LogP contribution is -2.37. The zero-order valence-corrected chi connectivity index (χ0v) is 11.1. The Morgan fingerprint density at radius 1 is 1.25 bits per heavy atom. The monoisotopic (exact) mass is 282 g/mol. The first kappa shape index (κ1) is 15.6. The molecule has 0 radical (unpaired) electrons. The van der Waals surface area contributed by atoms with Crippen molar-refractivity contribution < 1.29 is 23.5 Å². The van der Waals surface area contributed by atoms with Crippen LogP contribution in [0.4, 0.5) is 14.9 Å². The van der Waals surface area contributed by atoms with Crippen molar-refractivity contribution in [3.63, 3.8) is 0 Å². The third-order valence-electron chi connectivity index (χ3n) is 2.19. The number of nitrogens with one attached hydrogen (secondary N) is 2. The number of hydrogen-bond acceptors (Lipinski definition) is 4. The normalized spacial score (nSPS) is 10.0. The van der Waals surface area contributed by atoms with Gasteiger partial charge in [0.2, 0.25) is 0 Å². The number of hydrogen-bond donors (Lipinski definition) is 2. The lowest BCUT2D eigenvalue weighted by Gasteiger charge is -2.08. The summed E-state index contributed by atoms with van der Waals surface area (Å²) in [7, 11) is 0. The van der Waals surface area contributed by atoms with Gasteiger partial charge in [0.15, 0.2) is 6.61 Å². The summed E-state index contributed by atoms with van der Waals surface area (Å²) < 4.78 is 17.9. The Hall–Kier alpha value is -2.44. The van der Waals surface area contributed by atoms with Crippen molar-refractivity contribution >= 4 is 23.6 Å². The molecule has 0 aliphatic heterocycles. The first-order valence-corrected chi connectivity index (χ1v) is 5.92. The highest BCUT2D eigenvalue weighted by atomic mass is 19.1. The van der Waals surface area contributed by atoms with Crippen molar-refractivity contribution in [2.24, 2.45) is 5.92 Å². The molecule has 2 N–H and O–H groups in total. The predicted molar refractivity (Wildman–Crippen MR) is 69.4 cm³/mol. The molecule has 0 aliphatic rings. The van der Waals surface area contributed by atoms with Gasteiger partial charge in [-0.1, -0.05) is 26.0 Å². The van der Waals surface area contributed by atoms with E-state index in [2.05, 4.69) is 10.1 Å². The molecule has 0 aliphatic carbocycles. The minimum absolute atomic E-state index is 0.0584. The van der Waals surface area contributed by atoms with Gasteiger partial charge in [0.1, 0.15) is 5.82 Å². The Balaban J connectivity index is 2.41. The van der Waals surface area contributed by atoms with E-state index < -0.39 is 30.3 Å². The number of imide groups is 1. The van der Waals surface area contributed by atoms with Gasteiger partial charge in [-0.3, -0.25) is 14.9 Å². The molecule has 0 fully saturated rings. The van der Waals surface area contributed by atoms with Crippen molar-refractivity contribution in [1.82, 2.24) is 5.32 Å². The summed E-state index contributed by atoms with van der Waals surface area (Å²) in [6.45, 7) is 2.66. The average molecular weight is 282 g/mol. The van der Waals surface area contributed by atoms with E-state index >= 15 is 0 Å². The molecule has 0 atom stereocenters. The molecule has 0 saturated carbocycles. The maximum Gasteiger partial charge on any atom is 0.326 e. The summed E-state index contributed by atoms with van der Waals surface area (Å²) in [4.78, 5) is 33.8. The zero-order valence-electron chi connectivity index (χ0n) is 11.1. The van der Waals surface area contributed by atoms with Gasteiger partial charge in [0, 0.05) is 0 Å². The lowest BCUT2D eigenvalue weighted by atomic mass is 10.2. The second kappa shape index (κ2) is 7.22. The molecule has 0 bridgehead atoms. The molecular weight excluding hydrogens is 267 g/mol. The van der Waals surface area contributed by atoms with E-state index in [9.17, 15) is 18.8 Å². The molecule has 1 aromatic rings. The van der Waals surface area contributed by atoms with E-state index in [0.29, 0.717) is 0 Å². The summed E-state index contributed by atoms with van der Waals surface area (Å²) >= 11 is 0. The molecule has 0 saturated heterocycles. The number of rotatable bonds is 4. The molecule has 0 spiro atoms. The number of para-hydroxylation sites is 1. The predicted octanol–water partition coefficient (Wildman–Crippen LogP) is 1.67. The van der Waals surface area contributed by atoms with Crippen LogP contribution in [0.1, 0.15) is 13.8 Å². The topological polar surface area (TPSA) is 84.5 Å². The fraction of sp³-hybridized carbons (Fsp3) is 0.308. The van der Waals surface area contributed by atoms with Crippen molar-refractivity contribution in [1.29, 1.82) is 0 Å². The van der Waals surface area contributed by atoms with E-state index in [0.717, 1.165) is 0 Å². The highest BCUT2D eigenvalue weighted by molar-refractivity contribution is 6.01. The second-order valence-corrected chi connectivity index (χ2v) is 4.24. The van der Waals surface area contributed by atoms with Crippen LogP contribution in [0.15, 0.2) is 24.3 Å². The number of esters is 1. The van der Waals surface area contributed by atoms with Crippen molar-refractivity contribution in [2.45, 2.75) is 13.8 Å². The number of urea groups is 1. The van der Waals surface area contributed by atoms with Crippen LogP contribution >= 0.6 is 0 Å². The maximum atomic E-state index is 13.2. The van der Waals surface area contributed by atoms with E-state index in [1.165, 1.54) is 24.3 Å². The van der Waals surface area contributed by atoms with E-state index in [4.69, 9.17) is 0 Å². The average Bonchev–Trinajstić information content (AvgIpc) is 2.38. The van der Waals surface area contributed by atoms with E-state index in [1.807, 2.05) is 5.32 Å². The van der Waals surface area contributed by atoms with Gasteiger partial charge >= 0.3 is 12.0 Å². The van der Waals surface area contributed by atoms with E-state index in [-0.39, 0.29) is 11.6 Å². The number of halogens is 1. The molecule has 0 heterocycles. The fourth-order valence-corrected chi connectivity index (χ4v) is 1.18. The van der Waals surface area contributed by atoms with Gasteiger partial charge in [-0.25, -0.2) is 9.18 Å². The summed E-state index contributed by atoms with van der Waals surface area (Å²) in [5.41, 5.74) is -0.0584. The van der Waals surface area contributed by atoms with Gasteiger partial charge in [-0.15, -0.1) is 0 Å². The Labute approximate surface area is 115 Å². The SMILES string of the molecule is CC(C)C(=O)OCC(=O)NC(=O)Nc1ccccc1F. The second-order valence-electron chi connectivity index (χ2n) is 4.24. The van der Waals surface area contributed by atoms with Gasteiger partial charge in [0.25, 0.3) is 5.91 Å². The number of benzene rings is 1. The van der Waals surface area contributed by atoms with Crippen molar-refractivity contribution in [2.75, 3.05) is 11.9 Å². The molecule has 108 valence electrons. The van der Waals surface area contributed by atoms with Crippen molar-refractivity contribution in [3.8, 4) is 0 Å². The third-order valence-corrected chi connectivity index (χ3v) is 2.19. The van der Waals surface area contributed by atoms with Gasteiger partial charge < -0.3 is 10.1 Å². The summed E-state index contributed by atoms with van der Waals surface area (Å²) in [5.74, 6) is -2.33. The van der Waals surface area contributed by atoms with Crippen LogP contribution in [-0.2, 0) is 14.3 Å². The van der Waals surface area contributed by atoms with Gasteiger partial charge in [0.05, 0.1) is 11.6 Å². The smallest absolute Gasteiger partial charge is 0.326 e. The molecule has 0 unspecified atom stereocenters. The molecular formula is C13H15FN2O4. The first-order valence-electron chi connectivity index (χ1n) is 5.92. The van der Waals surface area contributed by atoms with E-state index in [1.54, 1.807) is 13.8 Å². The maximum absolute atomic E-state index is 13.2. The standard InChI is InChI=1S/C13H15FN2O4/c1-8(2)12(18)20-7-11(17)16-13(19)15-10-6-4-3-5-9(10)14/h3-6,8H,7H2,1-2H3,(H2,15,16,17,19). The highest BCUT2D eigenvalue weighted by Gasteiger charge is 2.13. The Morgan fingerprint density at radius 3 is 2.50 bits per heavy atom. The van der Waals surface area contributed by atoms with Crippen LogP contribution in [0, 0.1) is 11.7 Å². The summed E-state index contributed by atoms with van der Waals surface area (Å²) in [5, 5.41) is 4.08. The quantitative estimate of drug-likeness (QED) is 0.823. The summed E-state index contributed by atoms with van der Waals surface area (Å²) in [6, 6.07) is 4.61. The molecule has 1 aromatic carbocycles. The molecule has 0 aromatic heterocycles. The Kier molecular flexibility index (Phi) is 5.64. The Bertz CT molecular complexity index is 517. The van der Waals surface area contributed by atoms with Crippen LogP contribution < -0.4 is 10.6 Å². The number of carbonyl (C=O) groups excluding carboxylic acids is 3. The van der Waals surface area contributed by atoms with Crippen molar-refractivity contribution in [3.05, 3.63) is 30.1 Å². The highest BCUT2D eigenvalue weighted by Crippen LogP contribution is 2.11. The largest absolute Gasteiger partial charge is 0.455 e. The lowest BCUT2D eigenvalue weighted by molar-refractivity contribution is -0.151. The number of amides is 3. The molecule has 1 rings (SSSR count). The first-order chi connectivity index (χ1) is 9.40. The molecule has 6 nitrogen and oxygen atoms in total. The zero-order chi connectivity index (χ0) is 15.1. The molecule has 3 amide bonds. The van der Waals surface area contributed by atoms with Crippen LogP contribution in [0.2, 0.25) is 0 Å². The van der Waals surface area contributed by atoms with Crippen LogP contribution in [-0.4, -0.2) is 24.5 Å². The minimum Gasteiger partial charge on any atom is -0.455 e. The number of ether oxygens (including phenoxy) is 1. The van der Waals surface area contributed by atoms with Gasteiger partial charge in [-0.2, -0.15) is 0 Å². The fourth-order valence-electron chi connectivity index (χ4n) is 1.18. The number of carbonyl (C=O) groups is 3.